The summed E-state index contributed by atoms with van der Waals surface area (Å²) in [6.45, 7) is 13.8. The quantitative estimate of drug-likeness (QED) is 0.229. The lowest BCUT2D eigenvalue weighted by atomic mass is 9.45. The molecule has 0 radical (unpaired) electrons. The van der Waals surface area contributed by atoms with Crippen molar-refractivity contribution < 1.29 is 5.11 Å². The Morgan fingerprint density at radius 3 is 2.53 bits per heavy atom. The van der Waals surface area contributed by atoms with E-state index in [1.54, 1.807) is 0 Å². The van der Waals surface area contributed by atoms with E-state index in [2.05, 4.69) is 104 Å². The van der Waals surface area contributed by atoms with Crippen LogP contribution in [0.25, 0.3) is 0 Å². The molecule has 1 nitrogen and oxygen atoms in total. The molecule has 1 aromatic rings. The molecule has 0 saturated heterocycles. The number of allylic oxidation sites excluding steroid dienone is 1. The minimum atomic E-state index is -0.0698. The van der Waals surface area contributed by atoms with Gasteiger partial charge in [-0.15, -0.1) is 11.6 Å². The smallest absolute Gasteiger partial charge is 0.133 e. The molecule has 1 N–H and O–H groups in total. The number of alkyl halides is 3. The Hall–Kier alpha value is 0.970. The second-order valence-electron chi connectivity index (χ2n) is 11.0. The summed E-state index contributed by atoms with van der Waals surface area (Å²) in [5.74, 6) is 1.30. The minimum absolute atomic E-state index is 0.0698. The molecule has 6 heteroatoms. The number of hydrogen-bond donors (Lipinski definition) is 1. The molecule has 2 saturated carbocycles. The average molecular weight is 719 g/mol. The van der Waals surface area contributed by atoms with Gasteiger partial charge in [-0.3, -0.25) is 0 Å². The van der Waals surface area contributed by atoms with Crippen LogP contribution < -0.4 is 0 Å². The van der Waals surface area contributed by atoms with Gasteiger partial charge in [-0.25, -0.2) is 0 Å². The number of halogens is 5. The summed E-state index contributed by atoms with van der Waals surface area (Å²) in [5, 5.41) is 10.9. The maximum absolute atomic E-state index is 10.8. The number of fused-ring (bicyclic) bond motifs is 1. The highest BCUT2D eigenvalue weighted by atomic mass is 79.9. The van der Waals surface area contributed by atoms with Crippen LogP contribution in [0.2, 0.25) is 0 Å². The molecular weight excluding hydrogens is 683 g/mol. The number of aromatic hydroxyl groups is 1. The van der Waals surface area contributed by atoms with Gasteiger partial charge in [0.1, 0.15) is 5.75 Å². The third-order valence-corrected chi connectivity index (χ3v) is 12.6. The van der Waals surface area contributed by atoms with Crippen molar-refractivity contribution >= 4 is 75.3 Å². The highest BCUT2D eigenvalue weighted by molar-refractivity contribution is 9.11. The van der Waals surface area contributed by atoms with Crippen LogP contribution in [-0.2, 0) is 6.42 Å². The lowest BCUT2D eigenvalue weighted by molar-refractivity contribution is -0.0602. The topological polar surface area (TPSA) is 20.2 Å². The largest absolute Gasteiger partial charge is 0.506 e. The lowest BCUT2D eigenvalue weighted by Gasteiger charge is -2.61. The first-order chi connectivity index (χ1) is 14.7. The van der Waals surface area contributed by atoms with E-state index in [4.69, 9.17) is 11.6 Å². The van der Waals surface area contributed by atoms with Crippen molar-refractivity contribution in [3.8, 4) is 5.75 Å². The Morgan fingerprint density at radius 1 is 1.25 bits per heavy atom. The lowest BCUT2D eigenvalue weighted by Crippen LogP contribution is -2.55. The fraction of sp³-hybridized carbons (Fsp3) is 0.692. The summed E-state index contributed by atoms with van der Waals surface area (Å²) >= 11 is 21.8. The van der Waals surface area contributed by atoms with Gasteiger partial charge in [-0.2, -0.15) is 0 Å². The molecule has 1 unspecified atom stereocenters. The second-order valence-corrected chi connectivity index (χ2v) is 16.4. The van der Waals surface area contributed by atoms with Crippen LogP contribution in [0.15, 0.2) is 33.2 Å². The molecule has 0 amide bonds. The Balaban J connectivity index is 1.92. The van der Waals surface area contributed by atoms with Crippen LogP contribution in [0.4, 0.5) is 0 Å². The Labute approximate surface area is 233 Å². The Morgan fingerprint density at radius 2 is 1.91 bits per heavy atom. The van der Waals surface area contributed by atoms with Gasteiger partial charge < -0.3 is 5.11 Å². The van der Waals surface area contributed by atoms with Crippen molar-refractivity contribution in [3.63, 3.8) is 0 Å². The first kappa shape index (κ1) is 27.6. The summed E-state index contributed by atoms with van der Waals surface area (Å²) in [7, 11) is 0. The molecule has 2 fully saturated rings. The molecule has 1 aromatic carbocycles. The molecule has 32 heavy (non-hydrogen) atoms. The summed E-state index contributed by atoms with van der Waals surface area (Å²) in [5.41, 5.74) is 2.66. The normalized spacial score (nSPS) is 34.3. The number of hydrogen-bond acceptors (Lipinski definition) is 1. The zero-order valence-electron chi connectivity index (χ0n) is 19.5. The van der Waals surface area contributed by atoms with Crippen molar-refractivity contribution in [3.05, 3.63) is 38.8 Å². The molecule has 0 bridgehead atoms. The van der Waals surface area contributed by atoms with Crippen LogP contribution in [0, 0.1) is 22.7 Å². The second kappa shape index (κ2) is 10.1. The monoisotopic (exact) mass is 714 g/mol. The third-order valence-electron chi connectivity index (χ3n) is 8.50. The van der Waals surface area contributed by atoms with Crippen molar-refractivity contribution in [2.24, 2.45) is 22.7 Å². The van der Waals surface area contributed by atoms with Gasteiger partial charge in [0.15, 0.2) is 0 Å². The van der Waals surface area contributed by atoms with Crippen LogP contribution in [0.1, 0.15) is 71.8 Å². The van der Waals surface area contributed by atoms with E-state index in [-0.39, 0.29) is 20.5 Å². The van der Waals surface area contributed by atoms with E-state index in [0.29, 0.717) is 22.4 Å². The van der Waals surface area contributed by atoms with Crippen LogP contribution >= 0.6 is 75.3 Å². The van der Waals surface area contributed by atoms with Crippen molar-refractivity contribution in [1.29, 1.82) is 0 Å². The number of benzene rings is 1. The Kier molecular flexibility index (Phi) is 8.74. The van der Waals surface area contributed by atoms with Gasteiger partial charge in [0.05, 0.1) is 4.47 Å². The summed E-state index contributed by atoms with van der Waals surface area (Å²) in [6.07, 6.45) is 7.51. The predicted molar refractivity (Wildman–Crippen MR) is 153 cm³/mol. The van der Waals surface area contributed by atoms with Gasteiger partial charge in [0, 0.05) is 19.0 Å². The number of rotatable bonds is 6. The van der Waals surface area contributed by atoms with E-state index in [0.717, 1.165) is 46.6 Å². The molecule has 2 aliphatic carbocycles. The van der Waals surface area contributed by atoms with Crippen LogP contribution in [0.5, 0.6) is 5.75 Å². The van der Waals surface area contributed by atoms with Gasteiger partial charge >= 0.3 is 0 Å². The maximum atomic E-state index is 10.8. The van der Waals surface area contributed by atoms with Crippen LogP contribution in [0.3, 0.4) is 0 Å². The highest BCUT2D eigenvalue weighted by Gasteiger charge is 2.57. The zero-order valence-corrected chi connectivity index (χ0v) is 26.6. The van der Waals surface area contributed by atoms with Crippen molar-refractivity contribution in [2.75, 3.05) is 0 Å². The molecule has 0 spiro atoms. The van der Waals surface area contributed by atoms with Crippen LogP contribution in [-0.4, -0.2) is 19.6 Å². The van der Waals surface area contributed by atoms with Gasteiger partial charge in [0.25, 0.3) is 0 Å². The molecule has 180 valence electrons. The molecule has 0 aliphatic heterocycles. The average Bonchev–Trinajstić information content (AvgIpc) is 2.69. The van der Waals surface area contributed by atoms with E-state index >= 15 is 0 Å². The summed E-state index contributed by atoms with van der Waals surface area (Å²) in [6, 6.07) is 3.96. The number of phenolic OH excluding ortho intramolecular Hbond substituents is 1. The Bertz CT molecular complexity index is 866. The molecular formula is C26H35Br4ClO. The molecule has 2 aliphatic rings. The summed E-state index contributed by atoms with van der Waals surface area (Å²) < 4.78 is 1.66. The predicted octanol–water partition coefficient (Wildman–Crippen LogP) is 10.2. The SMILES string of the molecule is C=C1CC[C@@H]2[C@@](C)(CCC(Cl)C(C)(C)Br)[C@H](Br)CC[C@@]2(C)[C@@H]1Cc1cc(Br)cc(Br)c1O. The van der Waals surface area contributed by atoms with Crippen molar-refractivity contribution in [2.45, 2.75) is 87.2 Å². The summed E-state index contributed by atoms with van der Waals surface area (Å²) in [4.78, 5) is 0.496. The standard InChI is InChI=1S/C26H35Br4ClO/c1-15-6-7-20-25(4,18(15)13-16-12-17(27)14-19(28)23(16)32)10-8-21(29)26(20,5)11-9-22(31)24(2,3)30/h12,14,18,20-22,32H,1,6-11,13H2,2-5H3/t18-,20+,21-,22?,25+,26-/m1/s1. The van der Waals surface area contributed by atoms with E-state index < -0.39 is 0 Å². The van der Waals surface area contributed by atoms with Gasteiger partial charge in [-0.05, 0) is 115 Å². The zero-order chi connectivity index (χ0) is 24.1. The minimum Gasteiger partial charge on any atom is -0.506 e. The van der Waals surface area contributed by atoms with Gasteiger partial charge in [0.2, 0.25) is 0 Å². The highest BCUT2D eigenvalue weighted by Crippen LogP contribution is 2.64. The molecule has 3 rings (SSSR count). The fourth-order valence-corrected chi connectivity index (χ4v) is 8.87. The maximum Gasteiger partial charge on any atom is 0.133 e. The van der Waals surface area contributed by atoms with E-state index in [1.807, 2.05) is 6.07 Å². The molecule has 0 heterocycles. The third kappa shape index (κ3) is 5.37. The van der Waals surface area contributed by atoms with E-state index in [1.165, 1.54) is 18.4 Å². The molecule has 0 aromatic heterocycles. The first-order valence-corrected chi connectivity index (χ1v) is 15.2. The number of phenols is 1. The first-order valence-electron chi connectivity index (χ1n) is 11.5. The molecule has 6 atom stereocenters. The van der Waals surface area contributed by atoms with Crippen molar-refractivity contribution in [1.82, 2.24) is 0 Å². The van der Waals surface area contributed by atoms with E-state index in [9.17, 15) is 5.11 Å². The van der Waals surface area contributed by atoms with Gasteiger partial charge in [-0.1, -0.05) is 73.8 Å². The fourth-order valence-electron chi connectivity index (χ4n) is 6.44.